The molecule has 0 aliphatic carbocycles. The first-order valence-corrected chi connectivity index (χ1v) is 9.04. The Morgan fingerprint density at radius 3 is 2.22 bits per heavy atom. The molecule has 146 valence electrons. The fourth-order valence-electron chi connectivity index (χ4n) is 3.20. The SMILES string of the molecule is COc1c(C)c(C)c(C(C)=O)c(OC)c1OCCCCc1ccccc1F. The van der Waals surface area contributed by atoms with E-state index < -0.39 is 0 Å². The molecule has 0 aromatic heterocycles. The van der Waals surface area contributed by atoms with Crippen LogP contribution in [0.3, 0.4) is 0 Å². The van der Waals surface area contributed by atoms with Crippen molar-refractivity contribution in [1.82, 2.24) is 0 Å². The van der Waals surface area contributed by atoms with E-state index in [1.54, 1.807) is 19.2 Å². The highest BCUT2D eigenvalue weighted by Gasteiger charge is 2.25. The van der Waals surface area contributed by atoms with Crippen molar-refractivity contribution in [3.8, 4) is 17.2 Å². The van der Waals surface area contributed by atoms with E-state index in [2.05, 4.69) is 0 Å². The van der Waals surface area contributed by atoms with E-state index in [-0.39, 0.29) is 11.6 Å². The van der Waals surface area contributed by atoms with Crippen LogP contribution in [0.2, 0.25) is 0 Å². The lowest BCUT2D eigenvalue weighted by molar-refractivity contribution is 0.101. The van der Waals surface area contributed by atoms with E-state index in [1.165, 1.54) is 20.1 Å². The Bertz CT molecular complexity index is 814. The van der Waals surface area contributed by atoms with E-state index in [0.29, 0.717) is 41.4 Å². The molecule has 2 aromatic rings. The summed E-state index contributed by atoms with van der Waals surface area (Å²) >= 11 is 0. The van der Waals surface area contributed by atoms with Gasteiger partial charge in [-0.2, -0.15) is 0 Å². The average molecular weight is 374 g/mol. The van der Waals surface area contributed by atoms with Gasteiger partial charge in [-0.15, -0.1) is 0 Å². The number of rotatable bonds is 9. The number of aryl methyl sites for hydroxylation is 1. The van der Waals surface area contributed by atoms with Crippen molar-refractivity contribution in [3.05, 3.63) is 52.3 Å². The normalized spacial score (nSPS) is 10.6. The molecule has 4 nitrogen and oxygen atoms in total. The minimum Gasteiger partial charge on any atom is -0.492 e. The Morgan fingerprint density at radius 2 is 1.63 bits per heavy atom. The first-order valence-electron chi connectivity index (χ1n) is 9.04. The molecule has 0 heterocycles. The molecule has 0 atom stereocenters. The second-order valence-electron chi connectivity index (χ2n) is 6.47. The number of ether oxygens (including phenoxy) is 3. The van der Waals surface area contributed by atoms with Crippen molar-refractivity contribution in [3.63, 3.8) is 0 Å². The Kier molecular flexibility index (Phi) is 7.22. The summed E-state index contributed by atoms with van der Waals surface area (Å²) < 4.78 is 30.6. The summed E-state index contributed by atoms with van der Waals surface area (Å²) in [5.41, 5.74) is 2.89. The van der Waals surface area contributed by atoms with Crippen LogP contribution in [0.25, 0.3) is 0 Å². The first-order chi connectivity index (χ1) is 12.9. The van der Waals surface area contributed by atoms with Gasteiger partial charge >= 0.3 is 0 Å². The van der Waals surface area contributed by atoms with E-state index in [9.17, 15) is 9.18 Å². The number of halogens is 1. The third kappa shape index (κ3) is 4.59. The smallest absolute Gasteiger partial charge is 0.204 e. The Hall–Kier alpha value is -2.56. The van der Waals surface area contributed by atoms with Crippen LogP contribution in [0.15, 0.2) is 24.3 Å². The van der Waals surface area contributed by atoms with Gasteiger partial charge in [0.05, 0.1) is 26.4 Å². The highest BCUT2D eigenvalue weighted by molar-refractivity contribution is 6.00. The van der Waals surface area contributed by atoms with Crippen LogP contribution in [0.5, 0.6) is 17.2 Å². The summed E-state index contributed by atoms with van der Waals surface area (Å²) in [7, 11) is 3.08. The zero-order chi connectivity index (χ0) is 20.0. The van der Waals surface area contributed by atoms with E-state index >= 15 is 0 Å². The number of Topliss-reactive ketones (excluding diaryl/α,β-unsaturated/α-hetero) is 1. The van der Waals surface area contributed by atoms with Crippen LogP contribution >= 0.6 is 0 Å². The lowest BCUT2D eigenvalue weighted by atomic mass is 9.97. The van der Waals surface area contributed by atoms with Gasteiger partial charge in [0, 0.05) is 0 Å². The molecular weight excluding hydrogens is 347 g/mol. The molecule has 2 rings (SSSR count). The summed E-state index contributed by atoms with van der Waals surface area (Å²) in [5, 5.41) is 0. The number of carbonyl (C=O) groups excluding carboxylic acids is 1. The van der Waals surface area contributed by atoms with Gasteiger partial charge < -0.3 is 14.2 Å². The summed E-state index contributed by atoms with van der Waals surface area (Å²) in [4.78, 5) is 12.1. The fraction of sp³-hybridized carbons (Fsp3) is 0.409. The molecule has 0 spiro atoms. The van der Waals surface area contributed by atoms with Crippen molar-refractivity contribution in [2.45, 2.75) is 40.0 Å². The fourth-order valence-corrected chi connectivity index (χ4v) is 3.20. The van der Waals surface area contributed by atoms with Crippen molar-refractivity contribution in [2.75, 3.05) is 20.8 Å². The van der Waals surface area contributed by atoms with Gasteiger partial charge in [-0.25, -0.2) is 4.39 Å². The lowest BCUT2D eigenvalue weighted by Crippen LogP contribution is -2.09. The molecule has 2 aromatic carbocycles. The third-order valence-electron chi connectivity index (χ3n) is 4.72. The maximum atomic E-state index is 13.7. The topological polar surface area (TPSA) is 44.8 Å². The van der Waals surface area contributed by atoms with Crippen molar-refractivity contribution in [1.29, 1.82) is 0 Å². The molecular formula is C22H27FO4. The number of carbonyl (C=O) groups is 1. The lowest BCUT2D eigenvalue weighted by Gasteiger charge is -2.21. The van der Waals surface area contributed by atoms with Gasteiger partial charge in [0.15, 0.2) is 17.3 Å². The molecule has 0 aliphatic rings. The molecule has 0 unspecified atom stereocenters. The number of methoxy groups -OCH3 is 2. The number of unbranched alkanes of at least 4 members (excludes halogenated alkanes) is 1. The number of hydrogen-bond donors (Lipinski definition) is 0. The number of benzene rings is 2. The van der Waals surface area contributed by atoms with E-state index in [0.717, 1.165) is 24.0 Å². The molecule has 0 saturated heterocycles. The predicted octanol–water partition coefficient (Wildman–Crippen LogP) is 5.06. The molecule has 0 N–H and O–H groups in total. The van der Waals surface area contributed by atoms with Crippen LogP contribution in [-0.4, -0.2) is 26.6 Å². The minimum absolute atomic E-state index is 0.0838. The van der Waals surface area contributed by atoms with Crippen molar-refractivity contribution in [2.24, 2.45) is 0 Å². The molecule has 0 saturated carbocycles. The molecule has 0 aliphatic heterocycles. The van der Waals surface area contributed by atoms with Gasteiger partial charge in [0.25, 0.3) is 0 Å². The molecule has 0 amide bonds. The standard InChI is InChI=1S/C22H27FO4/c1-14-15(2)20(25-4)22(21(26-5)19(14)16(3)24)27-13-9-8-11-17-10-6-7-12-18(17)23/h6-7,10,12H,8-9,11,13H2,1-5H3. The van der Waals surface area contributed by atoms with Crippen molar-refractivity contribution < 1.29 is 23.4 Å². The van der Waals surface area contributed by atoms with Crippen LogP contribution in [0, 0.1) is 19.7 Å². The van der Waals surface area contributed by atoms with Crippen LogP contribution in [0.4, 0.5) is 4.39 Å². The zero-order valence-electron chi connectivity index (χ0n) is 16.6. The van der Waals surface area contributed by atoms with Crippen molar-refractivity contribution >= 4 is 5.78 Å². The summed E-state index contributed by atoms with van der Waals surface area (Å²) in [5.74, 6) is 1.15. The minimum atomic E-state index is -0.179. The first kappa shape index (κ1) is 20.7. The third-order valence-corrected chi connectivity index (χ3v) is 4.72. The van der Waals surface area contributed by atoms with Gasteiger partial charge in [-0.1, -0.05) is 18.2 Å². The van der Waals surface area contributed by atoms with E-state index in [4.69, 9.17) is 14.2 Å². The van der Waals surface area contributed by atoms with Gasteiger partial charge in [0.1, 0.15) is 5.82 Å². The maximum Gasteiger partial charge on any atom is 0.204 e. The predicted molar refractivity (Wildman–Crippen MR) is 104 cm³/mol. The second-order valence-corrected chi connectivity index (χ2v) is 6.47. The Labute approximate surface area is 160 Å². The highest BCUT2D eigenvalue weighted by Crippen LogP contribution is 2.45. The molecule has 0 fully saturated rings. The molecule has 0 bridgehead atoms. The van der Waals surface area contributed by atoms with Gasteiger partial charge in [-0.3, -0.25) is 4.79 Å². The summed E-state index contributed by atoms with van der Waals surface area (Å²) in [6.45, 7) is 5.69. The summed E-state index contributed by atoms with van der Waals surface area (Å²) in [6, 6.07) is 6.79. The summed E-state index contributed by atoms with van der Waals surface area (Å²) in [6.07, 6.45) is 2.18. The maximum absolute atomic E-state index is 13.7. The van der Waals surface area contributed by atoms with Gasteiger partial charge in [-0.05, 0) is 62.8 Å². The largest absolute Gasteiger partial charge is 0.492 e. The number of hydrogen-bond acceptors (Lipinski definition) is 4. The quantitative estimate of drug-likeness (QED) is 0.454. The monoisotopic (exact) mass is 374 g/mol. The van der Waals surface area contributed by atoms with Crippen LogP contribution in [0.1, 0.15) is 46.8 Å². The molecule has 5 heteroatoms. The molecule has 0 radical (unpaired) electrons. The van der Waals surface area contributed by atoms with Crippen LogP contribution < -0.4 is 14.2 Å². The van der Waals surface area contributed by atoms with Gasteiger partial charge in [0.2, 0.25) is 5.75 Å². The van der Waals surface area contributed by atoms with Crippen LogP contribution in [-0.2, 0) is 6.42 Å². The second kappa shape index (κ2) is 9.40. The Morgan fingerprint density at radius 1 is 0.963 bits per heavy atom. The van der Waals surface area contributed by atoms with E-state index in [1.807, 2.05) is 19.9 Å². The molecule has 27 heavy (non-hydrogen) atoms. The number of ketones is 1. The zero-order valence-corrected chi connectivity index (χ0v) is 16.6. The Balaban J connectivity index is 2.13. The highest BCUT2D eigenvalue weighted by atomic mass is 19.1. The average Bonchev–Trinajstić information content (AvgIpc) is 2.64.